The lowest BCUT2D eigenvalue weighted by Crippen LogP contribution is -2.33. The highest BCUT2D eigenvalue weighted by Gasteiger charge is 2.34. The van der Waals surface area contributed by atoms with Crippen molar-refractivity contribution >= 4 is 17.6 Å². The summed E-state index contributed by atoms with van der Waals surface area (Å²) in [7, 11) is 0. The average Bonchev–Trinajstić information content (AvgIpc) is 3.45. The molecule has 1 atom stereocenters. The van der Waals surface area contributed by atoms with E-state index in [0.717, 1.165) is 18.9 Å². The van der Waals surface area contributed by atoms with Crippen molar-refractivity contribution in [3.63, 3.8) is 0 Å². The summed E-state index contributed by atoms with van der Waals surface area (Å²) in [5.41, 5.74) is 1.55. The van der Waals surface area contributed by atoms with Gasteiger partial charge in [0.1, 0.15) is 5.75 Å². The van der Waals surface area contributed by atoms with E-state index in [0.29, 0.717) is 55.5 Å². The van der Waals surface area contributed by atoms with Crippen molar-refractivity contribution in [2.75, 3.05) is 19.7 Å². The van der Waals surface area contributed by atoms with Gasteiger partial charge in [0.15, 0.2) is 0 Å². The molecule has 3 aromatic rings. The number of carboxylic acid groups (broad SMARTS) is 1. The molecule has 0 bridgehead atoms. The minimum atomic E-state index is -4.52. The maximum atomic E-state index is 13.6. The third-order valence-corrected chi connectivity index (χ3v) is 8.02. The minimum Gasteiger partial charge on any atom is -0.494 e. The fourth-order valence-corrected chi connectivity index (χ4v) is 5.95. The quantitative estimate of drug-likeness (QED) is 0.209. The Labute approximate surface area is 238 Å². The molecule has 1 aliphatic carbocycles. The lowest BCUT2D eigenvalue weighted by atomic mass is 9.84. The third-order valence-electron chi connectivity index (χ3n) is 7.57. The Kier molecular flexibility index (Phi) is 10.5. The zero-order valence-electron chi connectivity index (χ0n) is 22.4. The molecule has 0 aromatic heterocycles. The van der Waals surface area contributed by atoms with Crippen LogP contribution in [0, 0.1) is 5.92 Å². The van der Waals surface area contributed by atoms with E-state index >= 15 is 0 Å². The van der Waals surface area contributed by atoms with Gasteiger partial charge in [0.05, 0.1) is 23.6 Å². The second-order valence-corrected chi connectivity index (χ2v) is 10.9. The van der Waals surface area contributed by atoms with E-state index in [1.165, 1.54) is 24.5 Å². The Balaban J connectivity index is 1.50. The lowest BCUT2D eigenvalue weighted by molar-refractivity contribution is -0.138. The molecule has 1 saturated carbocycles. The molecule has 40 heavy (non-hydrogen) atoms. The molecule has 1 unspecified atom stereocenters. The van der Waals surface area contributed by atoms with Crippen LogP contribution in [0.15, 0.2) is 72.8 Å². The first-order valence-electron chi connectivity index (χ1n) is 13.8. The molecular weight excluding hydrogens is 539 g/mol. The smallest absolute Gasteiger partial charge is 0.417 e. The lowest BCUT2D eigenvalue weighted by Gasteiger charge is -2.32. The van der Waals surface area contributed by atoms with Crippen LogP contribution in [0.25, 0.3) is 0 Å². The van der Waals surface area contributed by atoms with Crippen molar-refractivity contribution in [1.82, 2.24) is 4.90 Å². The van der Waals surface area contributed by atoms with Gasteiger partial charge in [-0.1, -0.05) is 79.0 Å². The summed E-state index contributed by atoms with van der Waals surface area (Å²) in [4.78, 5) is 13.2. The van der Waals surface area contributed by atoms with E-state index in [-0.39, 0.29) is 17.4 Å². The number of benzene rings is 3. The monoisotopic (exact) mass is 573 g/mol. The summed E-state index contributed by atoms with van der Waals surface area (Å²) < 4.78 is 46.6. The number of hydrogen-bond donors (Lipinski definition) is 1. The van der Waals surface area contributed by atoms with Gasteiger partial charge in [-0.25, -0.2) is 0 Å². The summed E-state index contributed by atoms with van der Waals surface area (Å²) in [6.45, 7) is 2.00. The molecule has 214 valence electrons. The molecule has 0 radical (unpaired) electrons. The molecule has 1 fully saturated rings. The summed E-state index contributed by atoms with van der Waals surface area (Å²) >= 11 is 6.30. The van der Waals surface area contributed by atoms with Crippen molar-refractivity contribution in [1.29, 1.82) is 0 Å². The van der Waals surface area contributed by atoms with Gasteiger partial charge in [0.2, 0.25) is 0 Å². The van der Waals surface area contributed by atoms with Crippen molar-refractivity contribution in [3.8, 4) is 5.75 Å². The number of alkyl halides is 3. The second-order valence-electron chi connectivity index (χ2n) is 10.5. The highest BCUT2D eigenvalue weighted by atomic mass is 35.5. The summed E-state index contributed by atoms with van der Waals surface area (Å²) in [5.74, 6) is 0.479. The van der Waals surface area contributed by atoms with Gasteiger partial charge in [0.25, 0.3) is 0 Å². The largest absolute Gasteiger partial charge is 0.494 e. The molecule has 0 heterocycles. The Morgan fingerprint density at radius 2 is 1.75 bits per heavy atom. The van der Waals surface area contributed by atoms with Crippen molar-refractivity contribution < 1.29 is 27.8 Å². The molecule has 8 heteroatoms. The van der Waals surface area contributed by atoms with Gasteiger partial charge < -0.3 is 9.84 Å². The summed E-state index contributed by atoms with van der Waals surface area (Å²) in [6, 6.07) is 21.5. The first kappa shape index (κ1) is 29.9. The number of carbonyl (C=O) groups is 1. The van der Waals surface area contributed by atoms with Gasteiger partial charge in [0, 0.05) is 19.6 Å². The normalized spacial score (nSPS) is 14.9. The topological polar surface area (TPSA) is 49.8 Å². The van der Waals surface area contributed by atoms with Crippen LogP contribution in [-0.2, 0) is 23.9 Å². The standard InChI is InChI=1S/C32H35ClF3NO3/c33-31-26(14-7-16-29(31)32(34,35)36)21-37(17-8-18-40-27-15-6-9-23(19-27)20-30(38)39)22-28(25-12-4-5-13-25)24-10-2-1-3-11-24/h1-3,6-7,9-11,14-16,19,25,28H,4-5,8,12-13,17-18,20-22H2,(H,38,39). The Morgan fingerprint density at radius 3 is 2.45 bits per heavy atom. The van der Waals surface area contributed by atoms with E-state index < -0.39 is 17.7 Å². The summed E-state index contributed by atoms with van der Waals surface area (Å²) in [5, 5.41) is 8.80. The molecule has 3 aromatic carbocycles. The predicted molar refractivity (Wildman–Crippen MR) is 151 cm³/mol. The van der Waals surface area contributed by atoms with Gasteiger partial charge in [-0.05, 0) is 66.0 Å². The maximum Gasteiger partial charge on any atom is 0.417 e. The van der Waals surface area contributed by atoms with E-state index in [2.05, 4.69) is 17.0 Å². The van der Waals surface area contributed by atoms with Crippen molar-refractivity contribution in [2.45, 2.75) is 57.2 Å². The molecule has 4 nitrogen and oxygen atoms in total. The Morgan fingerprint density at radius 1 is 1.02 bits per heavy atom. The molecule has 4 rings (SSSR count). The van der Waals surface area contributed by atoms with Gasteiger partial charge in [-0.2, -0.15) is 13.2 Å². The van der Waals surface area contributed by atoms with Crippen molar-refractivity contribution in [3.05, 3.63) is 100 Å². The van der Waals surface area contributed by atoms with Gasteiger partial charge in [-0.3, -0.25) is 9.69 Å². The van der Waals surface area contributed by atoms with E-state index in [4.69, 9.17) is 21.4 Å². The molecule has 0 aliphatic heterocycles. The Bertz CT molecular complexity index is 1250. The molecule has 0 saturated heterocycles. The van der Waals surface area contributed by atoms with Crippen molar-refractivity contribution in [2.24, 2.45) is 5.92 Å². The van der Waals surface area contributed by atoms with E-state index in [1.54, 1.807) is 30.3 Å². The zero-order valence-corrected chi connectivity index (χ0v) is 23.1. The molecule has 0 spiro atoms. The van der Waals surface area contributed by atoms with Crippen LogP contribution in [0.3, 0.4) is 0 Å². The number of halogens is 4. The highest BCUT2D eigenvalue weighted by Crippen LogP contribution is 2.39. The van der Waals surface area contributed by atoms with E-state index in [9.17, 15) is 18.0 Å². The first-order chi connectivity index (χ1) is 19.2. The fraction of sp³-hybridized carbons (Fsp3) is 0.406. The van der Waals surface area contributed by atoms with Crippen LogP contribution in [0.1, 0.15) is 60.3 Å². The number of nitrogens with zero attached hydrogens (tertiary/aromatic N) is 1. The van der Waals surface area contributed by atoms with Crippen LogP contribution in [0.4, 0.5) is 13.2 Å². The number of rotatable bonds is 13. The SMILES string of the molecule is O=C(O)Cc1cccc(OCCCN(Cc2cccc(C(F)(F)F)c2Cl)CC(c2ccccc2)C2CCCC2)c1. The molecule has 1 N–H and O–H groups in total. The Hall–Kier alpha value is -3.03. The maximum absolute atomic E-state index is 13.6. The van der Waals surface area contributed by atoms with Crippen LogP contribution in [-0.4, -0.2) is 35.7 Å². The van der Waals surface area contributed by atoms with Crippen LogP contribution >= 0.6 is 11.6 Å². The number of hydrogen-bond acceptors (Lipinski definition) is 3. The second kappa shape index (κ2) is 14.0. The van der Waals surface area contributed by atoms with Crippen LogP contribution in [0.2, 0.25) is 5.02 Å². The van der Waals surface area contributed by atoms with Crippen LogP contribution in [0.5, 0.6) is 5.75 Å². The number of aliphatic carboxylic acids is 1. The van der Waals surface area contributed by atoms with Gasteiger partial charge >= 0.3 is 12.1 Å². The summed E-state index contributed by atoms with van der Waals surface area (Å²) in [6.07, 6.45) is 0.736. The zero-order chi connectivity index (χ0) is 28.5. The van der Waals surface area contributed by atoms with E-state index in [1.807, 2.05) is 18.2 Å². The third kappa shape index (κ3) is 8.48. The molecule has 0 amide bonds. The molecule has 1 aliphatic rings. The van der Waals surface area contributed by atoms with Crippen LogP contribution < -0.4 is 4.74 Å². The highest BCUT2D eigenvalue weighted by molar-refractivity contribution is 6.32. The predicted octanol–water partition coefficient (Wildman–Crippen LogP) is 8.23. The minimum absolute atomic E-state index is 0.0786. The number of carboxylic acids is 1. The average molecular weight is 574 g/mol. The first-order valence-corrected chi connectivity index (χ1v) is 14.1. The molecular formula is C32H35ClF3NO3. The fourth-order valence-electron chi connectivity index (χ4n) is 5.66. The van der Waals surface area contributed by atoms with Gasteiger partial charge in [-0.15, -0.1) is 0 Å². The number of ether oxygens (including phenoxy) is 1.